The van der Waals surface area contributed by atoms with Crippen molar-refractivity contribution in [3.63, 3.8) is 0 Å². The first-order chi connectivity index (χ1) is 9.10. The fraction of sp³-hybridized carbons (Fsp3) is 0.462. The molecule has 2 N–H and O–H groups in total. The number of carbonyl (C=O) groups excluding carboxylic acids is 1. The van der Waals surface area contributed by atoms with E-state index in [0.717, 1.165) is 0 Å². The van der Waals surface area contributed by atoms with Crippen molar-refractivity contribution in [2.45, 2.75) is 20.0 Å². The van der Waals surface area contributed by atoms with Crippen molar-refractivity contribution < 1.29 is 18.3 Å². The fourth-order valence-corrected chi connectivity index (χ4v) is 1.70. The van der Waals surface area contributed by atoms with Crippen molar-refractivity contribution in [1.29, 1.82) is 0 Å². The average Bonchev–Trinajstić information content (AvgIpc) is 2.39. The van der Waals surface area contributed by atoms with Crippen LogP contribution in [0, 0.1) is 0 Å². The summed E-state index contributed by atoms with van der Waals surface area (Å²) in [5.74, 6) is -0.430. The maximum absolute atomic E-state index is 12.3. The van der Waals surface area contributed by atoms with E-state index in [1.807, 2.05) is 6.92 Å². The van der Waals surface area contributed by atoms with Gasteiger partial charge in [0.1, 0.15) is 5.75 Å². The highest BCUT2D eigenvalue weighted by atomic mass is 19.3. The fourth-order valence-electron chi connectivity index (χ4n) is 1.70. The third-order valence-electron chi connectivity index (χ3n) is 2.63. The van der Waals surface area contributed by atoms with Crippen molar-refractivity contribution in [2.75, 3.05) is 19.6 Å². The van der Waals surface area contributed by atoms with Crippen LogP contribution in [0.3, 0.4) is 0 Å². The summed E-state index contributed by atoms with van der Waals surface area (Å²) in [5.41, 5.74) is 5.54. The van der Waals surface area contributed by atoms with Gasteiger partial charge in [0, 0.05) is 13.1 Å². The zero-order valence-electron chi connectivity index (χ0n) is 10.8. The molecule has 0 atom stereocenters. The number of hydrogen-bond donors (Lipinski definition) is 1. The van der Waals surface area contributed by atoms with Crippen molar-refractivity contribution in [3.05, 3.63) is 29.8 Å². The van der Waals surface area contributed by atoms with Gasteiger partial charge in [0.2, 0.25) is 0 Å². The lowest BCUT2D eigenvalue weighted by atomic mass is 10.1. The van der Waals surface area contributed by atoms with Crippen molar-refractivity contribution in [2.24, 2.45) is 5.73 Å². The third-order valence-corrected chi connectivity index (χ3v) is 2.63. The number of amides is 1. The molecular weight excluding hydrogens is 254 g/mol. The SMILES string of the molecule is CCN(CCCN)C(=O)c1ccccc1OC(F)F. The summed E-state index contributed by atoms with van der Waals surface area (Å²) in [6.45, 7) is 0.328. The number of hydrogen-bond acceptors (Lipinski definition) is 3. The molecule has 0 bridgehead atoms. The van der Waals surface area contributed by atoms with Crippen LogP contribution >= 0.6 is 0 Å². The highest BCUT2D eigenvalue weighted by molar-refractivity contribution is 5.96. The first-order valence-electron chi connectivity index (χ1n) is 6.13. The quantitative estimate of drug-likeness (QED) is 0.827. The van der Waals surface area contributed by atoms with Crippen LogP contribution in [0.5, 0.6) is 5.75 Å². The standard InChI is InChI=1S/C13H18F2N2O2/c1-2-17(9-5-8-16)12(18)10-6-3-4-7-11(10)19-13(14)15/h3-4,6-7,13H,2,5,8-9,16H2,1H3. The smallest absolute Gasteiger partial charge is 0.387 e. The minimum Gasteiger partial charge on any atom is -0.434 e. The van der Waals surface area contributed by atoms with Crippen molar-refractivity contribution >= 4 is 5.91 Å². The van der Waals surface area contributed by atoms with Crippen molar-refractivity contribution in [1.82, 2.24) is 4.90 Å². The Morgan fingerprint density at radius 1 is 1.42 bits per heavy atom. The Morgan fingerprint density at radius 2 is 2.11 bits per heavy atom. The highest BCUT2D eigenvalue weighted by Crippen LogP contribution is 2.21. The number of carbonyl (C=O) groups is 1. The number of nitrogens with two attached hydrogens (primary N) is 1. The van der Waals surface area contributed by atoms with Crippen LogP contribution in [0.25, 0.3) is 0 Å². The van der Waals surface area contributed by atoms with E-state index in [1.54, 1.807) is 17.0 Å². The monoisotopic (exact) mass is 272 g/mol. The van der Waals surface area contributed by atoms with Gasteiger partial charge in [-0.25, -0.2) is 0 Å². The summed E-state index contributed by atoms with van der Waals surface area (Å²) in [6, 6.07) is 5.99. The van der Waals surface area contributed by atoms with Gasteiger partial charge < -0.3 is 15.4 Å². The summed E-state index contributed by atoms with van der Waals surface area (Å²) in [6.07, 6.45) is 0.664. The highest BCUT2D eigenvalue weighted by Gasteiger charge is 2.19. The Bertz CT molecular complexity index is 413. The van der Waals surface area contributed by atoms with Crippen molar-refractivity contribution in [3.8, 4) is 5.75 Å². The molecule has 0 aliphatic rings. The Morgan fingerprint density at radius 3 is 2.68 bits per heavy atom. The largest absolute Gasteiger partial charge is 0.434 e. The van der Waals surface area contributed by atoms with Gasteiger partial charge in [0.15, 0.2) is 0 Å². The molecule has 1 rings (SSSR count). The molecule has 106 valence electrons. The molecule has 0 aliphatic carbocycles. The summed E-state index contributed by atoms with van der Waals surface area (Å²) >= 11 is 0. The molecule has 1 amide bonds. The van der Waals surface area contributed by atoms with Crippen LogP contribution in [0.1, 0.15) is 23.7 Å². The number of alkyl halides is 2. The minimum atomic E-state index is -2.95. The van der Waals surface area contributed by atoms with Gasteiger partial charge in [0.25, 0.3) is 5.91 Å². The Labute approximate surface area is 111 Å². The zero-order chi connectivity index (χ0) is 14.3. The second kappa shape index (κ2) is 7.68. The normalized spacial score (nSPS) is 10.6. The van der Waals surface area contributed by atoms with Crippen LogP contribution in [-0.4, -0.2) is 37.1 Å². The van der Waals surface area contributed by atoms with Crippen LogP contribution < -0.4 is 10.5 Å². The minimum absolute atomic E-state index is 0.103. The summed E-state index contributed by atoms with van der Waals surface area (Å²) in [5, 5.41) is 0. The summed E-state index contributed by atoms with van der Waals surface area (Å²) < 4.78 is 28.9. The molecule has 0 unspecified atom stereocenters. The van der Waals surface area contributed by atoms with E-state index in [1.165, 1.54) is 12.1 Å². The number of benzene rings is 1. The maximum Gasteiger partial charge on any atom is 0.387 e. The topological polar surface area (TPSA) is 55.6 Å². The van der Waals surface area contributed by atoms with E-state index in [0.29, 0.717) is 26.1 Å². The van der Waals surface area contributed by atoms with Gasteiger partial charge in [-0.1, -0.05) is 12.1 Å². The second-order valence-electron chi connectivity index (χ2n) is 3.90. The predicted molar refractivity (Wildman–Crippen MR) is 68.3 cm³/mol. The van der Waals surface area contributed by atoms with E-state index in [9.17, 15) is 13.6 Å². The molecule has 1 aromatic carbocycles. The molecule has 6 heteroatoms. The molecular formula is C13H18F2N2O2. The second-order valence-corrected chi connectivity index (χ2v) is 3.90. The predicted octanol–water partition coefficient (Wildman–Crippen LogP) is 2.10. The third kappa shape index (κ3) is 4.48. The van der Waals surface area contributed by atoms with E-state index in [2.05, 4.69) is 4.74 Å². The average molecular weight is 272 g/mol. The number of para-hydroxylation sites is 1. The van der Waals surface area contributed by atoms with Crippen LogP contribution in [0.4, 0.5) is 8.78 Å². The van der Waals surface area contributed by atoms with Gasteiger partial charge in [-0.2, -0.15) is 8.78 Å². The first kappa shape index (κ1) is 15.4. The number of nitrogens with zero attached hydrogens (tertiary/aromatic N) is 1. The zero-order valence-corrected chi connectivity index (χ0v) is 10.8. The molecule has 0 saturated heterocycles. The molecule has 0 radical (unpaired) electrons. The molecule has 19 heavy (non-hydrogen) atoms. The van der Waals surface area contributed by atoms with Gasteiger partial charge in [-0.3, -0.25) is 4.79 Å². The van der Waals surface area contributed by atoms with Gasteiger partial charge in [0.05, 0.1) is 5.56 Å². The number of halogens is 2. The van der Waals surface area contributed by atoms with Crippen LogP contribution in [0.15, 0.2) is 24.3 Å². The molecule has 0 fully saturated rings. The lowest BCUT2D eigenvalue weighted by Crippen LogP contribution is -2.33. The van der Waals surface area contributed by atoms with Crippen LogP contribution in [0.2, 0.25) is 0 Å². The lowest BCUT2D eigenvalue weighted by molar-refractivity contribution is -0.0502. The van der Waals surface area contributed by atoms with E-state index in [-0.39, 0.29) is 17.2 Å². The molecule has 0 heterocycles. The van der Waals surface area contributed by atoms with Gasteiger partial charge in [-0.05, 0) is 32.0 Å². The lowest BCUT2D eigenvalue weighted by Gasteiger charge is -2.21. The number of rotatable bonds is 7. The molecule has 0 saturated carbocycles. The van der Waals surface area contributed by atoms with Gasteiger partial charge >= 0.3 is 6.61 Å². The Hall–Kier alpha value is -1.69. The molecule has 4 nitrogen and oxygen atoms in total. The molecule has 1 aromatic rings. The Kier molecular flexibility index (Phi) is 6.21. The van der Waals surface area contributed by atoms with E-state index in [4.69, 9.17) is 5.73 Å². The molecule has 0 aliphatic heterocycles. The first-order valence-corrected chi connectivity index (χ1v) is 6.13. The Balaban J connectivity index is 2.90. The molecule has 0 aromatic heterocycles. The van der Waals surface area contributed by atoms with Gasteiger partial charge in [-0.15, -0.1) is 0 Å². The molecule has 0 spiro atoms. The number of ether oxygens (including phenoxy) is 1. The van der Waals surface area contributed by atoms with E-state index < -0.39 is 6.61 Å². The van der Waals surface area contributed by atoms with Crippen LogP contribution in [-0.2, 0) is 0 Å². The summed E-state index contributed by atoms with van der Waals surface area (Å²) in [7, 11) is 0. The maximum atomic E-state index is 12.3. The van der Waals surface area contributed by atoms with E-state index >= 15 is 0 Å². The summed E-state index contributed by atoms with van der Waals surface area (Å²) in [4.78, 5) is 13.8.